The molecule has 1 saturated heterocycles. The third kappa shape index (κ3) is 3.46. The van der Waals surface area contributed by atoms with Crippen LogP contribution < -0.4 is 0 Å². The van der Waals surface area contributed by atoms with Gasteiger partial charge in [-0.3, -0.25) is 9.59 Å². The van der Waals surface area contributed by atoms with Gasteiger partial charge in [0.05, 0.1) is 5.69 Å². The molecule has 1 aliphatic rings. The topological polar surface area (TPSA) is 42.3 Å². The molecule has 0 radical (unpaired) electrons. The third-order valence-corrected chi connectivity index (χ3v) is 3.77. The lowest BCUT2D eigenvalue weighted by molar-refractivity contribution is -0.134. The maximum absolute atomic E-state index is 12.2. The minimum atomic E-state index is 0.198. The first-order valence-corrected chi connectivity index (χ1v) is 6.98. The number of aryl methyl sites for hydroxylation is 1. The number of rotatable bonds is 4. The molecule has 0 bridgehead atoms. The highest BCUT2D eigenvalue weighted by atomic mass is 16.2. The summed E-state index contributed by atoms with van der Waals surface area (Å²) < 4.78 is 1.84. The molecule has 0 aromatic carbocycles. The van der Waals surface area contributed by atoms with Crippen LogP contribution in [0, 0.1) is 11.8 Å². The zero-order valence-corrected chi connectivity index (χ0v) is 11.7. The Kier molecular flexibility index (Phi) is 4.40. The van der Waals surface area contributed by atoms with E-state index < -0.39 is 0 Å². The van der Waals surface area contributed by atoms with Gasteiger partial charge in [-0.05, 0) is 30.4 Å². The van der Waals surface area contributed by atoms with Gasteiger partial charge in [-0.2, -0.15) is 0 Å². The van der Waals surface area contributed by atoms with Crippen molar-refractivity contribution in [3.8, 4) is 0 Å². The predicted molar refractivity (Wildman–Crippen MR) is 74.0 cm³/mol. The maximum atomic E-state index is 12.2. The molecule has 2 heterocycles. The average molecular weight is 262 g/mol. The number of amides is 1. The Morgan fingerprint density at radius 2 is 2.05 bits per heavy atom. The Hall–Kier alpha value is -1.58. The van der Waals surface area contributed by atoms with Crippen molar-refractivity contribution in [1.29, 1.82) is 0 Å². The number of hydrogen-bond acceptors (Lipinski definition) is 2. The van der Waals surface area contributed by atoms with Crippen molar-refractivity contribution >= 4 is 12.2 Å². The molecule has 4 nitrogen and oxygen atoms in total. The van der Waals surface area contributed by atoms with Gasteiger partial charge >= 0.3 is 0 Å². The highest BCUT2D eigenvalue weighted by Crippen LogP contribution is 2.21. The van der Waals surface area contributed by atoms with Crippen LogP contribution in [0.4, 0.5) is 0 Å². The molecule has 4 heteroatoms. The molecule has 1 aromatic heterocycles. The van der Waals surface area contributed by atoms with E-state index in [0.717, 1.165) is 19.4 Å². The maximum Gasteiger partial charge on any atom is 0.224 e. The summed E-state index contributed by atoms with van der Waals surface area (Å²) >= 11 is 0. The van der Waals surface area contributed by atoms with Crippen LogP contribution in [-0.4, -0.2) is 34.7 Å². The van der Waals surface area contributed by atoms with Gasteiger partial charge in [-0.25, -0.2) is 0 Å². The van der Waals surface area contributed by atoms with Crippen LogP contribution >= 0.6 is 0 Å². The summed E-state index contributed by atoms with van der Waals surface area (Å²) in [6.45, 7) is 6.72. The van der Waals surface area contributed by atoms with Crippen LogP contribution in [-0.2, 0) is 11.3 Å². The fraction of sp³-hybridized carbons (Fsp3) is 0.600. The van der Waals surface area contributed by atoms with Crippen molar-refractivity contribution < 1.29 is 9.59 Å². The van der Waals surface area contributed by atoms with Crippen LogP contribution in [0.15, 0.2) is 18.3 Å². The Bertz CT molecular complexity index is 443. The van der Waals surface area contributed by atoms with Gasteiger partial charge in [0.2, 0.25) is 5.91 Å². The van der Waals surface area contributed by atoms with Crippen LogP contribution in [0.5, 0.6) is 0 Å². The van der Waals surface area contributed by atoms with Crippen molar-refractivity contribution in [1.82, 2.24) is 9.47 Å². The lowest BCUT2D eigenvalue weighted by Gasteiger charge is -2.35. The summed E-state index contributed by atoms with van der Waals surface area (Å²) in [6.07, 6.45) is 4.35. The van der Waals surface area contributed by atoms with Crippen LogP contribution in [0.1, 0.15) is 37.2 Å². The number of nitrogens with zero attached hydrogens (tertiary/aromatic N) is 2. The minimum Gasteiger partial charge on any atom is -0.345 e. The molecule has 0 aliphatic carbocycles. The van der Waals surface area contributed by atoms with Crippen molar-refractivity contribution in [3.05, 3.63) is 24.0 Å². The highest BCUT2D eigenvalue weighted by molar-refractivity contribution is 5.76. The standard InChI is InChI=1S/C15H22N2O2/c1-12-8-13(2)10-17(9-12)15(19)5-7-16-6-3-4-14(16)11-18/h3-4,6,11-13H,5,7-10H2,1-2H3. The molecular weight excluding hydrogens is 240 g/mol. The summed E-state index contributed by atoms with van der Waals surface area (Å²) in [5.74, 6) is 1.37. The largest absolute Gasteiger partial charge is 0.345 e. The fourth-order valence-electron chi connectivity index (χ4n) is 2.98. The quantitative estimate of drug-likeness (QED) is 0.781. The summed E-state index contributed by atoms with van der Waals surface area (Å²) in [7, 11) is 0. The molecule has 0 saturated carbocycles. The SMILES string of the molecule is CC1CC(C)CN(C(=O)CCn2cccc2C=O)C1. The van der Waals surface area contributed by atoms with E-state index in [1.807, 2.05) is 21.7 Å². The minimum absolute atomic E-state index is 0.198. The van der Waals surface area contributed by atoms with Crippen molar-refractivity contribution in [2.45, 2.75) is 33.2 Å². The number of hydrogen-bond donors (Lipinski definition) is 0. The zero-order chi connectivity index (χ0) is 13.8. The summed E-state index contributed by atoms with van der Waals surface area (Å²) in [5.41, 5.74) is 0.633. The molecule has 104 valence electrons. The van der Waals surface area contributed by atoms with Gasteiger partial charge in [0.1, 0.15) is 0 Å². The van der Waals surface area contributed by atoms with Crippen molar-refractivity contribution in [2.75, 3.05) is 13.1 Å². The molecule has 1 aromatic rings. The van der Waals surface area contributed by atoms with Crippen molar-refractivity contribution in [3.63, 3.8) is 0 Å². The molecule has 0 spiro atoms. The third-order valence-electron chi connectivity index (χ3n) is 3.77. The van der Waals surface area contributed by atoms with E-state index in [1.54, 1.807) is 6.07 Å². The number of aromatic nitrogens is 1. The second-order valence-electron chi connectivity index (χ2n) is 5.74. The zero-order valence-electron chi connectivity index (χ0n) is 11.7. The van der Waals surface area contributed by atoms with E-state index in [0.29, 0.717) is 30.5 Å². The van der Waals surface area contributed by atoms with Gasteiger partial charge in [0, 0.05) is 32.3 Å². The summed E-state index contributed by atoms with van der Waals surface area (Å²) in [6, 6.07) is 3.60. The molecule has 2 rings (SSSR count). The van der Waals surface area contributed by atoms with Crippen LogP contribution in [0.2, 0.25) is 0 Å². The normalized spacial score (nSPS) is 23.4. The second kappa shape index (κ2) is 6.04. The monoisotopic (exact) mass is 262 g/mol. The first-order valence-electron chi connectivity index (χ1n) is 6.98. The lowest BCUT2D eigenvalue weighted by Crippen LogP contribution is -2.42. The lowest BCUT2D eigenvalue weighted by atomic mass is 9.92. The van der Waals surface area contributed by atoms with Gasteiger partial charge in [0.15, 0.2) is 6.29 Å². The first kappa shape index (κ1) is 13.8. The van der Waals surface area contributed by atoms with Crippen molar-refractivity contribution in [2.24, 2.45) is 11.8 Å². The highest BCUT2D eigenvalue weighted by Gasteiger charge is 2.24. The van der Waals surface area contributed by atoms with Gasteiger partial charge in [-0.1, -0.05) is 13.8 Å². The van der Waals surface area contributed by atoms with Gasteiger partial charge in [-0.15, -0.1) is 0 Å². The Morgan fingerprint density at radius 1 is 1.37 bits per heavy atom. The molecule has 1 fully saturated rings. The Balaban J connectivity index is 1.89. The molecule has 2 atom stereocenters. The van der Waals surface area contributed by atoms with E-state index in [1.165, 1.54) is 6.42 Å². The van der Waals surface area contributed by atoms with Gasteiger partial charge < -0.3 is 9.47 Å². The van der Waals surface area contributed by atoms with Crippen LogP contribution in [0.25, 0.3) is 0 Å². The second-order valence-corrected chi connectivity index (χ2v) is 5.74. The van der Waals surface area contributed by atoms with E-state index >= 15 is 0 Å². The number of carbonyl (C=O) groups excluding carboxylic acids is 2. The number of piperidine rings is 1. The Labute approximate surface area is 114 Å². The summed E-state index contributed by atoms with van der Waals surface area (Å²) in [5, 5.41) is 0. The molecule has 19 heavy (non-hydrogen) atoms. The number of aldehydes is 1. The smallest absolute Gasteiger partial charge is 0.224 e. The van der Waals surface area contributed by atoms with E-state index in [4.69, 9.17) is 0 Å². The van der Waals surface area contributed by atoms with Crippen LogP contribution in [0.3, 0.4) is 0 Å². The molecule has 1 aliphatic heterocycles. The summed E-state index contributed by atoms with van der Waals surface area (Å²) in [4.78, 5) is 25.0. The Morgan fingerprint density at radius 3 is 2.68 bits per heavy atom. The predicted octanol–water partition coefficient (Wildman–Crippen LogP) is 2.20. The number of carbonyl (C=O) groups is 2. The van der Waals surface area contributed by atoms with E-state index in [9.17, 15) is 9.59 Å². The first-order chi connectivity index (χ1) is 9.10. The number of likely N-dealkylation sites (tertiary alicyclic amines) is 1. The molecule has 2 unspecified atom stereocenters. The van der Waals surface area contributed by atoms with E-state index in [-0.39, 0.29) is 5.91 Å². The molecular formula is C15H22N2O2. The molecule has 1 amide bonds. The van der Waals surface area contributed by atoms with Gasteiger partial charge in [0.25, 0.3) is 0 Å². The fourth-order valence-corrected chi connectivity index (χ4v) is 2.98. The van der Waals surface area contributed by atoms with E-state index in [2.05, 4.69) is 13.8 Å². The molecule has 0 N–H and O–H groups in total. The average Bonchev–Trinajstić information content (AvgIpc) is 2.82.